The summed E-state index contributed by atoms with van der Waals surface area (Å²) in [6, 6.07) is 9.65. The lowest BCUT2D eigenvalue weighted by atomic mass is 10.2. The van der Waals surface area contributed by atoms with E-state index in [4.69, 9.17) is 21.1 Å². The van der Waals surface area contributed by atoms with Crippen LogP contribution in [0.1, 0.15) is 11.1 Å². The molecule has 6 heteroatoms. The molecule has 2 nitrogen and oxygen atoms in total. The second kappa shape index (κ2) is 6.26. The van der Waals surface area contributed by atoms with Crippen LogP contribution in [0.2, 0.25) is 0 Å². The van der Waals surface area contributed by atoms with Crippen LogP contribution >= 0.6 is 11.6 Å². The summed E-state index contributed by atoms with van der Waals surface area (Å²) in [5.41, 5.74) is -0.0386. The molecule has 0 N–H and O–H groups in total. The summed E-state index contributed by atoms with van der Waals surface area (Å²) >= 11 is 5.83. The fourth-order valence-electron chi connectivity index (χ4n) is 1.77. The van der Waals surface area contributed by atoms with Crippen molar-refractivity contribution in [2.24, 2.45) is 0 Å². The number of benzene rings is 2. The van der Waals surface area contributed by atoms with Crippen LogP contribution in [0.3, 0.4) is 0 Å². The number of alkyl halides is 4. The van der Waals surface area contributed by atoms with Gasteiger partial charge in [0.05, 0.1) is 18.6 Å². The molecule has 0 radical (unpaired) electrons. The first kappa shape index (κ1) is 15.5. The highest BCUT2D eigenvalue weighted by Gasteiger charge is 2.30. The zero-order valence-electron chi connectivity index (χ0n) is 11.1. The molecule has 0 aromatic heterocycles. The molecular weight excluding hydrogens is 305 g/mol. The van der Waals surface area contributed by atoms with E-state index in [-0.39, 0.29) is 11.6 Å². The van der Waals surface area contributed by atoms with Crippen LogP contribution in [0.4, 0.5) is 13.2 Å². The van der Waals surface area contributed by atoms with Gasteiger partial charge in [0.2, 0.25) is 0 Å². The average Bonchev–Trinajstić information content (AvgIpc) is 2.47. The molecule has 0 fully saturated rings. The van der Waals surface area contributed by atoms with Gasteiger partial charge in [-0.05, 0) is 30.3 Å². The van der Waals surface area contributed by atoms with Gasteiger partial charge in [-0.15, -0.1) is 11.6 Å². The van der Waals surface area contributed by atoms with Crippen LogP contribution in [0, 0.1) is 0 Å². The molecular formula is C15H12ClF3O2. The maximum Gasteiger partial charge on any atom is 0.416 e. The summed E-state index contributed by atoms with van der Waals surface area (Å²) in [7, 11) is 1.48. The van der Waals surface area contributed by atoms with Gasteiger partial charge >= 0.3 is 6.18 Å². The molecule has 0 saturated heterocycles. The van der Waals surface area contributed by atoms with Crippen molar-refractivity contribution in [2.45, 2.75) is 12.1 Å². The summed E-state index contributed by atoms with van der Waals surface area (Å²) in [6.45, 7) is 0. The summed E-state index contributed by atoms with van der Waals surface area (Å²) in [4.78, 5) is 0. The second-order valence-electron chi connectivity index (χ2n) is 4.21. The minimum Gasteiger partial charge on any atom is -0.493 e. The Hall–Kier alpha value is -1.88. The average molecular weight is 317 g/mol. The van der Waals surface area contributed by atoms with Gasteiger partial charge in [-0.1, -0.05) is 12.1 Å². The molecule has 0 amide bonds. The molecule has 0 aliphatic rings. The number of halogens is 4. The van der Waals surface area contributed by atoms with Crippen LogP contribution < -0.4 is 9.47 Å². The highest BCUT2D eigenvalue weighted by atomic mass is 35.5. The number of rotatable bonds is 4. The van der Waals surface area contributed by atoms with E-state index in [0.29, 0.717) is 17.1 Å². The molecule has 21 heavy (non-hydrogen) atoms. The van der Waals surface area contributed by atoms with Gasteiger partial charge in [0.15, 0.2) is 11.5 Å². The largest absolute Gasteiger partial charge is 0.493 e. The summed E-state index contributed by atoms with van der Waals surface area (Å²) in [5.74, 6) is 1.34. The second-order valence-corrected chi connectivity index (χ2v) is 4.47. The van der Waals surface area contributed by atoms with Crippen molar-refractivity contribution in [3.8, 4) is 17.2 Å². The Morgan fingerprint density at radius 3 is 2.24 bits per heavy atom. The molecule has 2 rings (SSSR count). The zero-order chi connectivity index (χ0) is 15.5. The van der Waals surface area contributed by atoms with Crippen molar-refractivity contribution in [2.75, 3.05) is 7.11 Å². The third kappa shape index (κ3) is 3.61. The third-order valence-electron chi connectivity index (χ3n) is 2.83. The van der Waals surface area contributed by atoms with Crippen LogP contribution in [-0.2, 0) is 12.1 Å². The van der Waals surface area contributed by atoms with E-state index in [1.807, 2.05) is 0 Å². The molecule has 0 unspecified atom stereocenters. The molecule has 0 saturated carbocycles. The Morgan fingerprint density at radius 1 is 1.05 bits per heavy atom. The molecule has 2 aromatic carbocycles. The first-order chi connectivity index (χ1) is 9.95. The van der Waals surface area contributed by atoms with Gasteiger partial charge in [0.25, 0.3) is 0 Å². The highest BCUT2D eigenvalue weighted by Crippen LogP contribution is 2.37. The SMILES string of the molecule is COc1cccc(CCl)c1Oc1ccc(C(F)(F)F)cc1. The third-order valence-corrected chi connectivity index (χ3v) is 3.11. The van der Waals surface area contributed by atoms with Crippen molar-refractivity contribution >= 4 is 11.6 Å². The van der Waals surface area contributed by atoms with E-state index in [2.05, 4.69) is 0 Å². The first-order valence-corrected chi connectivity index (χ1v) is 6.56. The van der Waals surface area contributed by atoms with Crippen molar-refractivity contribution in [1.29, 1.82) is 0 Å². The Kier molecular flexibility index (Phi) is 4.63. The standard InChI is InChI=1S/C15H12ClF3O2/c1-20-13-4-2-3-10(9-16)14(13)21-12-7-5-11(6-8-12)15(17,18)19/h2-8H,9H2,1H3. The molecule has 0 aliphatic carbocycles. The van der Waals surface area contributed by atoms with Crippen molar-refractivity contribution in [3.05, 3.63) is 53.6 Å². The number of hydrogen-bond acceptors (Lipinski definition) is 2. The predicted molar refractivity (Wildman–Crippen MR) is 74.1 cm³/mol. The van der Waals surface area contributed by atoms with E-state index in [9.17, 15) is 13.2 Å². The number of para-hydroxylation sites is 1. The molecule has 2 aromatic rings. The van der Waals surface area contributed by atoms with Gasteiger partial charge in [0, 0.05) is 5.56 Å². The molecule has 0 atom stereocenters. The first-order valence-electron chi connectivity index (χ1n) is 6.02. The lowest BCUT2D eigenvalue weighted by Gasteiger charge is -2.14. The Labute approximate surface area is 125 Å². The molecule has 0 bridgehead atoms. The minimum atomic E-state index is -4.37. The van der Waals surface area contributed by atoms with Crippen LogP contribution in [-0.4, -0.2) is 7.11 Å². The van der Waals surface area contributed by atoms with E-state index in [0.717, 1.165) is 12.1 Å². The number of hydrogen-bond donors (Lipinski definition) is 0. The van der Waals surface area contributed by atoms with E-state index in [1.54, 1.807) is 18.2 Å². The lowest BCUT2D eigenvalue weighted by molar-refractivity contribution is -0.137. The fraction of sp³-hybridized carbons (Fsp3) is 0.200. The van der Waals surface area contributed by atoms with Crippen LogP contribution in [0.25, 0.3) is 0 Å². The highest BCUT2D eigenvalue weighted by molar-refractivity contribution is 6.17. The van der Waals surface area contributed by atoms with Gasteiger partial charge in [0.1, 0.15) is 5.75 Å². The smallest absolute Gasteiger partial charge is 0.416 e. The molecule has 0 heterocycles. The molecule has 112 valence electrons. The Bertz CT molecular complexity index is 587. The van der Waals surface area contributed by atoms with E-state index < -0.39 is 11.7 Å². The Balaban J connectivity index is 2.30. The molecule has 0 spiro atoms. The molecule has 0 aliphatic heterocycles. The van der Waals surface area contributed by atoms with Crippen LogP contribution in [0.15, 0.2) is 42.5 Å². The van der Waals surface area contributed by atoms with Crippen molar-refractivity contribution in [3.63, 3.8) is 0 Å². The summed E-state index contributed by atoms with van der Waals surface area (Å²) in [6.07, 6.45) is -4.37. The lowest BCUT2D eigenvalue weighted by Crippen LogP contribution is -2.04. The van der Waals surface area contributed by atoms with Gasteiger partial charge in [-0.25, -0.2) is 0 Å². The monoisotopic (exact) mass is 316 g/mol. The Morgan fingerprint density at radius 2 is 1.71 bits per heavy atom. The van der Waals surface area contributed by atoms with E-state index in [1.165, 1.54) is 19.2 Å². The maximum absolute atomic E-state index is 12.5. The van der Waals surface area contributed by atoms with Gasteiger partial charge in [-0.2, -0.15) is 13.2 Å². The fourth-order valence-corrected chi connectivity index (χ4v) is 1.98. The van der Waals surface area contributed by atoms with Crippen molar-refractivity contribution in [1.82, 2.24) is 0 Å². The van der Waals surface area contributed by atoms with Crippen LogP contribution in [0.5, 0.6) is 17.2 Å². The summed E-state index contributed by atoms with van der Waals surface area (Å²) in [5, 5.41) is 0. The maximum atomic E-state index is 12.5. The normalized spacial score (nSPS) is 11.3. The van der Waals surface area contributed by atoms with Crippen molar-refractivity contribution < 1.29 is 22.6 Å². The summed E-state index contributed by atoms with van der Waals surface area (Å²) < 4.78 is 48.3. The van der Waals surface area contributed by atoms with Gasteiger partial charge in [-0.3, -0.25) is 0 Å². The quantitative estimate of drug-likeness (QED) is 0.718. The topological polar surface area (TPSA) is 18.5 Å². The minimum absolute atomic E-state index is 0.202. The number of methoxy groups -OCH3 is 1. The van der Waals surface area contributed by atoms with Gasteiger partial charge < -0.3 is 9.47 Å². The number of ether oxygens (including phenoxy) is 2. The zero-order valence-corrected chi connectivity index (χ0v) is 11.8. The van der Waals surface area contributed by atoms with E-state index >= 15 is 0 Å². The predicted octanol–water partition coefficient (Wildman–Crippen LogP) is 5.25.